The van der Waals surface area contributed by atoms with Gasteiger partial charge in [0.2, 0.25) is 0 Å². The third-order valence-electron chi connectivity index (χ3n) is 4.87. The normalized spacial score (nSPS) is 15.2. The van der Waals surface area contributed by atoms with Crippen molar-refractivity contribution in [3.8, 4) is 11.5 Å². The van der Waals surface area contributed by atoms with Crippen LogP contribution in [0.25, 0.3) is 0 Å². The largest absolute Gasteiger partial charge is 0.455 e. The number of benzene rings is 1. The van der Waals surface area contributed by atoms with Gasteiger partial charge in [0.15, 0.2) is 0 Å². The second kappa shape index (κ2) is 8.97. The number of pyridine rings is 1. The van der Waals surface area contributed by atoms with Crippen LogP contribution in [0.15, 0.2) is 42.7 Å². The van der Waals surface area contributed by atoms with Crippen molar-refractivity contribution in [3.05, 3.63) is 53.9 Å². The molecule has 0 radical (unpaired) electrons. The van der Waals surface area contributed by atoms with Crippen LogP contribution in [0.2, 0.25) is 0 Å². The molecule has 1 amide bonds. The molecule has 0 atom stereocenters. The smallest absolute Gasteiger partial charge is 0.253 e. The number of carbonyl (C=O) groups is 1. The number of piperazine rings is 1. The highest BCUT2D eigenvalue weighted by atomic mass is 16.5. The van der Waals surface area contributed by atoms with Gasteiger partial charge < -0.3 is 15.0 Å². The molecule has 6 heteroatoms. The van der Waals surface area contributed by atoms with Crippen molar-refractivity contribution in [3.63, 3.8) is 0 Å². The molecule has 3 rings (SSSR count). The lowest BCUT2D eigenvalue weighted by Crippen LogP contribution is -2.50. The predicted molar refractivity (Wildman–Crippen MR) is 106 cm³/mol. The van der Waals surface area contributed by atoms with Crippen LogP contribution >= 0.6 is 0 Å². The maximum Gasteiger partial charge on any atom is 0.253 e. The Morgan fingerprint density at radius 1 is 1.22 bits per heavy atom. The van der Waals surface area contributed by atoms with Gasteiger partial charge in [-0.25, -0.2) is 0 Å². The molecule has 1 aliphatic heterocycles. The van der Waals surface area contributed by atoms with Crippen LogP contribution in [-0.4, -0.2) is 60.0 Å². The minimum absolute atomic E-state index is 0.0867. The van der Waals surface area contributed by atoms with Crippen LogP contribution in [0, 0.1) is 0 Å². The van der Waals surface area contributed by atoms with Gasteiger partial charge >= 0.3 is 0 Å². The van der Waals surface area contributed by atoms with Gasteiger partial charge in [0.1, 0.15) is 11.5 Å². The van der Waals surface area contributed by atoms with Crippen LogP contribution < -0.4 is 10.1 Å². The number of ether oxygens (including phenoxy) is 1. The van der Waals surface area contributed by atoms with Gasteiger partial charge in [-0.1, -0.05) is 0 Å². The van der Waals surface area contributed by atoms with Crippen LogP contribution in [0.5, 0.6) is 11.5 Å². The third-order valence-corrected chi connectivity index (χ3v) is 4.87. The van der Waals surface area contributed by atoms with E-state index < -0.39 is 0 Å². The molecule has 1 aromatic heterocycles. The van der Waals surface area contributed by atoms with Crippen LogP contribution in [0.3, 0.4) is 0 Å². The highest BCUT2D eigenvalue weighted by molar-refractivity contribution is 5.94. The summed E-state index contributed by atoms with van der Waals surface area (Å²) in [5.74, 6) is 1.50. The highest BCUT2D eigenvalue weighted by Gasteiger charge is 2.24. The van der Waals surface area contributed by atoms with Crippen LogP contribution in [0.1, 0.15) is 29.8 Å². The monoisotopic (exact) mass is 368 g/mol. The van der Waals surface area contributed by atoms with E-state index in [1.165, 1.54) is 0 Å². The topological polar surface area (TPSA) is 57.7 Å². The second-order valence-electron chi connectivity index (χ2n) is 7.07. The molecular weight excluding hydrogens is 340 g/mol. The number of aromatic nitrogens is 1. The quantitative estimate of drug-likeness (QED) is 0.850. The molecule has 0 bridgehead atoms. The van der Waals surface area contributed by atoms with Gasteiger partial charge in [0, 0.05) is 56.1 Å². The summed E-state index contributed by atoms with van der Waals surface area (Å²) in [5, 5.41) is 3.15. The Kier molecular flexibility index (Phi) is 6.42. The molecule has 6 nitrogen and oxygen atoms in total. The molecule has 2 aromatic rings. The fourth-order valence-electron chi connectivity index (χ4n) is 3.30. The molecule has 1 aliphatic rings. The van der Waals surface area contributed by atoms with Crippen molar-refractivity contribution < 1.29 is 9.53 Å². The standard InChI is InChI=1S/C21H28N4O2/c1-16(2)24-9-11-25(12-10-24)21(26)17-6-7-20(18(13-17)14-22-3)27-19-5-4-8-23-15-19/h4-8,13,15-16,22H,9-12,14H2,1-3H3. The summed E-state index contributed by atoms with van der Waals surface area (Å²) in [6, 6.07) is 9.87. The van der Waals surface area contributed by atoms with Gasteiger partial charge in [-0.15, -0.1) is 0 Å². The third kappa shape index (κ3) is 4.84. The summed E-state index contributed by atoms with van der Waals surface area (Å²) in [5.41, 5.74) is 1.66. The molecule has 1 saturated heterocycles. The molecule has 27 heavy (non-hydrogen) atoms. The number of rotatable bonds is 6. The molecule has 0 saturated carbocycles. The summed E-state index contributed by atoms with van der Waals surface area (Å²) >= 11 is 0. The van der Waals surface area contributed by atoms with Crippen molar-refractivity contribution in [1.82, 2.24) is 20.1 Å². The number of nitrogens with one attached hydrogen (secondary N) is 1. The average Bonchev–Trinajstić information content (AvgIpc) is 2.70. The lowest BCUT2D eigenvalue weighted by Gasteiger charge is -2.37. The maximum absolute atomic E-state index is 12.9. The zero-order valence-electron chi connectivity index (χ0n) is 16.3. The first-order valence-electron chi connectivity index (χ1n) is 9.47. The number of hydrogen-bond acceptors (Lipinski definition) is 5. The van der Waals surface area contributed by atoms with Crippen molar-refractivity contribution >= 4 is 5.91 Å². The Labute approximate surface area is 161 Å². The van der Waals surface area contributed by atoms with Gasteiger partial charge in [-0.05, 0) is 51.2 Å². The Morgan fingerprint density at radius 2 is 2.00 bits per heavy atom. The van der Waals surface area contributed by atoms with E-state index in [1.54, 1.807) is 12.4 Å². The first-order chi connectivity index (χ1) is 13.1. The molecule has 1 fully saturated rings. The lowest BCUT2D eigenvalue weighted by atomic mass is 10.1. The Balaban J connectivity index is 1.74. The first-order valence-corrected chi connectivity index (χ1v) is 9.47. The van der Waals surface area contributed by atoms with E-state index in [0.29, 0.717) is 23.9 Å². The van der Waals surface area contributed by atoms with Gasteiger partial charge in [0.25, 0.3) is 5.91 Å². The number of hydrogen-bond donors (Lipinski definition) is 1. The molecule has 2 heterocycles. The van der Waals surface area contributed by atoms with Gasteiger partial charge in [-0.3, -0.25) is 14.7 Å². The average molecular weight is 368 g/mol. The maximum atomic E-state index is 12.9. The Bertz CT molecular complexity index is 756. The zero-order chi connectivity index (χ0) is 19.2. The van der Waals surface area contributed by atoms with E-state index in [1.807, 2.05) is 42.3 Å². The molecule has 1 aromatic carbocycles. The fourth-order valence-corrected chi connectivity index (χ4v) is 3.30. The second-order valence-corrected chi connectivity index (χ2v) is 7.07. The van der Waals surface area contributed by atoms with Gasteiger partial charge in [-0.2, -0.15) is 0 Å². The summed E-state index contributed by atoms with van der Waals surface area (Å²) in [4.78, 5) is 21.4. The SMILES string of the molecule is CNCc1cc(C(=O)N2CCN(C(C)C)CC2)ccc1Oc1cccnc1. The van der Waals surface area contributed by atoms with E-state index in [9.17, 15) is 4.79 Å². The molecule has 0 aliphatic carbocycles. The van der Waals surface area contributed by atoms with E-state index in [4.69, 9.17) is 4.74 Å². The predicted octanol–water partition coefficient (Wildman–Crippen LogP) is 2.76. The summed E-state index contributed by atoms with van der Waals surface area (Å²) in [6.45, 7) is 8.41. The van der Waals surface area contributed by atoms with E-state index in [0.717, 1.165) is 37.5 Å². The van der Waals surface area contributed by atoms with Crippen molar-refractivity contribution in [1.29, 1.82) is 0 Å². The molecule has 144 valence electrons. The molecule has 0 unspecified atom stereocenters. The fraction of sp³-hybridized carbons (Fsp3) is 0.429. The van der Waals surface area contributed by atoms with E-state index >= 15 is 0 Å². The first kappa shape index (κ1) is 19.3. The molecule has 0 spiro atoms. The van der Waals surface area contributed by atoms with Crippen LogP contribution in [-0.2, 0) is 6.54 Å². The number of nitrogens with zero attached hydrogens (tertiary/aromatic N) is 3. The summed E-state index contributed by atoms with van der Waals surface area (Å²) in [7, 11) is 1.88. The zero-order valence-corrected chi connectivity index (χ0v) is 16.3. The highest BCUT2D eigenvalue weighted by Crippen LogP contribution is 2.26. The van der Waals surface area contributed by atoms with Crippen molar-refractivity contribution in [2.24, 2.45) is 0 Å². The number of carbonyl (C=O) groups excluding carboxylic acids is 1. The van der Waals surface area contributed by atoms with Crippen molar-refractivity contribution in [2.75, 3.05) is 33.2 Å². The minimum Gasteiger partial charge on any atom is -0.455 e. The summed E-state index contributed by atoms with van der Waals surface area (Å²) < 4.78 is 5.95. The Hall–Kier alpha value is -2.44. The van der Waals surface area contributed by atoms with Crippen LogP contribution in [0.4, 0.5) is 0 Å². The molecular formula is C21H28N4O2. The van der Waals surface area contributed by atoms with Crippen molar-refractivity contribution in [2.45, 2.75) is 26.4 Å². The lowest BCUT2D eigenvalue weighted by molar-refractivity contribution is 0.0595. The minimum atomic E-state index is 0.0867. The van der Waals surface area contributed by atoms with Gasteiger partial charge in [0.05, 0.1) is 6.20 Å². The number of amides is 1. The van der Waals surface area contributed by atoms with E-state index in [-0.39, 0.29) is 5.91 Å². The molecule has 1 N–H and O–H groups in total. The summed E-state index contributed by atoms with van der Waals surface area (Å²) in [6.07, 6.45) is 3.39. The Morgan fingerprint density at radius 3 is 2.63 bits per heavy atom. The van der Waals surface area contributed by atoms with E-state index in [2.05, 4.69) is 29.0 Å².